The SMILES string of the molecule is C=C(C(=O)OC)[C@H]1CC[C@H](C/C=C(\C)CCC=C(C)C)CO1. The van der Waals surface area contributed by atoms with E-state index in [4.69, 9.17) is 9.47 Å². The fourth-order valence-electron chi connectivity index (χ4n) is 2.59. The van der Waals surface area contributed by atoms with Gasteiger partial charge in [0.15, 0.2) is 0 Å². The first-order valence-electron chi connectivity index (χ1n) is 8.11. The summed E-state index contributed by atoms with van der Waals surface area (Å²) in [6, 6.07) is 0. The highest BCUT2D eigenvalue weighted by atomic mass is 16.5. The van der Waals surface area contributed by atoms with E-state index in [9.17, 15) is 4.79 Å². The fraction of sp³-hybridized carbons (Fsp3) is 0.632. The van der Waals surface area contributed by atoms with Crippen molar-refractivity contribution in [3.05, 3.63) is 35.5 Å². The lowest BCUT2D eigenvalue weighted by Gasteiger charge is -2.29. The molecule has 2 atom stereocenters. The second-order valence-corrected chi connectivity index (χ2v) is 6.39. The smallest absolute Gasteiger partial charge is 0.335 e. The lowest BCUT2D eigenvalue weighted by atomic mass is 9.92. The maximum atomic E-state index is 11.4. The third-order valence-electron chi connectivity index (χ3n) is 4.10. The fourth-order valence-corrected chi connectivity index (χ4v) is 2.59. The minimum absolute atomic E-state index is 0.175. The monoisotopic (exact) mass is 306 g/mol. The van der Waals surface area contributed by atoms with Gasteiger partial charge in [0, 0.05) is 0 Å². The van der Waals surface area contributed by atoms with Crippen molar-refractivity contribution in [2.75, 3.05) is 13.7 Å². The number of carbonyl (C=O) groups excluding carboxylic acids is 1. The molecule has 0 bridgehead atoms. The molecule has 0 spiro atoms. The van der Waals surface area contributed by atoms with Gasteiger partial charge in [0.2, 0.25) is 0 Å². The summed E-state index contributed by atoms with van der Waals surface area (Å²) in [6.45, 7) is 10.9. The molecule has 0 aliphatic carbocycles. The topological polar surface area (TPSA) is 35.5 Å². The van der Waals surface area contributed by atoms with E-state index in [0.717, 1.165) is 32.1 Å². The molecule has 124 valence electrons. The Bertz CT molecular complexity index is 434. The van der Waals surface area contributed by atoms with Gasteiger partial charge in [-0.1, -0.05) is 29.9 Å². The molecule has 0 saturated carbocycles. The highest BCUT2D eigenvalue weighted by Crippen LogP contribution is 2.26. The second-order valence-electron chi connectivity index (χ2n) is 6.39. The molecule has 0 unspecified atom stereocenters. The number of rotatable bonds is 7. The van der Waals surface area contributed by atoms with Gasteiger partial charge < -0.3 is 9.47 Å². The molecule has 1 aliphatic rings. The van der Waals surface area contributed by atoms with Crippen molar-refractivity contribution in [3.8, 4) is 0 Å². The van der Waals surface area contributed by atoms with Gasteiger partial charge in [-0.3, -0.25) is 0 Å². The number of allylic oxidation sites excluding steroid dienone is 4. The summed E-state index contributed by atoms with van der Waals surface area (Å²) in [5.74, 6) is 0.179. The average molecular weight is 306 g/mol. The Morgan fingerprint density at radius 2 is 2.00 bits per heavy atom. The van der Waals surface area contributed by atoms with Crippen molar-refractivity contribution in [1.29, 1.82) is 0 Å². The van der Waals surface area contributed by atoms with Crippen LogP contribution in [0.15, 0.2) is 35.5 Å². The lowest BCUT2D eigenvalue weighted by Crippen LogP contribution is -2.30. The van der Waals surface area contributed by atoms with Crippen LogP contribution in [0.3, 0.4) is 0 Å². The quantitative estimate of drug-likeness (QED) is 0.392. The van der Waals surface area contributed by atoms with Gasteiger partial charge in [-0.2, -0.15) is 0 Å². The zero-order valence-electron chi connectivity index (χ0n) is 14.5. The predicted molar refractivity (Wildman–Crippen MR) is 90.7 cm³/mol. The van der Waals surface area contributed by atoms with Gasteiger partial charge in [0.05, 0.1) is 25.4 Å². The van der Waals surface area contributed by atoms with E-state index in [0.29, 0.717) is 18.1 Å². The van der Waals surface area contributed by atoms with Crippen LogP contribution >= 0.6 is 0 Å². The maximum Gasteiger partial charge on any atom is 0.335 e. The Balaban J connectivity index is 2.32. The second kappa shape index (κ2) is 9.62. The van der Waals surface area contributed by atoms with Gasteiger partial charge in [-0.05, 0) is 58.8 Å². The Morgan fingerprint density at radius 1 is 1.27 bits per heavy atom. The number of ether oxygens (including phenoxy) is 2. The molecule has 1 aliphatic heterocycles. The predicted octanol–water partition coefficient (Wildman–Crippen LogP) is 4.59. The molecule has 0 radical (unpaired) electrons. The minimum Gasteiger partial charge on any atom is -0.466 e. The van der Waals surface area contributed by atoms with Gasteiger partial charge in [0.1, 0.15) is 0 Å². The highest BCUT2D eigenvalue weighted by molar-refractivity contribution is 5.88. The summed E-state index contributed by atoms with van der Waals surface area (Å²) in [7, 11) is 1.38. The van der Waals surface area contributed by atoms with Crippen LogP contribution in [-0.2, 0) is 14.3 Å². The van der Waals surface area contributed by atoms with Crippen LogP contribution in [0.25, 0.3) is 0 Å². The molecule has 1 rings (SSSR count). The van der Waals surface area contributed by atoms with Crippen molar-refractivity contribution in [2.24, 2.45) is 5.92 Å². The van der Waals surface area contributed by atoms with Gasteiger partial charge >= 0.3 is 5.97 Å². The first-order valence-corrected chi connectivity index (χ1v) is 8.11. The van der Waals surface area contributed by atoms with Crippen molar-refractivity contribution in [1.82, 2.24) is 0 Å². The third kappa shape index (κ3) is 6.61. The van der Waals surface area contributed by atoms with E-state index < -0.39 is 0 Å². The molecule has 1 fully saturated rings. The van der Waals surface area contributed by atoms with E-state index in [1.807, 2.05) is 0 Å². The van der Waals surface area contributed by atoms with Crippen LogP contribution in [0.2, 0.25) is 0 Å². The zero-order valence-corrected chi connectivity index (χ0v) is 14.5. The van der Waals surface area contributed by atoms with Crippen molar-refractivity contribution >= 4 is 5.97 Å². The van der Waals surface area contributed by atoms with E-state index in [1.165, 1.54) is 18.3 Å². The molecule has 0 aromatic rings. The van der Waals surface area contributed by atoms with Crippen LogP contribution in [0, 0.1) is 5.92 Å². The summed E-state index contributed by atoms with van der Waals surface area (Å²) in [5.41, 5.74) is 3.26. The van der Waals surface area contributed by atoms with E-state index in [1.54, 1.807) is 0 Å². The molecule has 0 aromatic heterocycles. The van der Waals surface area contributed by atoms with E-state index in [2.05, 4.69) is 39.5 Å². The van der Waals surface area contributed by atoms with Crippen molar-refractivity contribution in [3.63, 3.8) is 0 Å². The largest absolute Gasteiger partial charge is 0.466 e. The van der Waals surface area contributed by atoms with Gasteiger partial charge in [0.25, 0.3) is 0 Å². The molecule has 1 heterocycles. The minimum atomic E-state index is -0.363. The van der Waals surface area contributed by atoms with Crippen molar-refractivity contribution < 1.29 is 14.3 Å². The Kier molecular flexibility index (Phi) is 8.18. The van der Waals surface area contributed by atoms with Crippen molar-refractivity contribution in [2.45, 2.75) is 59.0 Å². The third-order valence-corrected chi connectivity index (χ3v) is 4.10. The molecular formula is C19H30O3. The molecule has 0 N–H and O–H groups in total. The molecule has 22 heavy (non-hydrogen) atoms. The molecular weight excluding hydrogens is 276 g/mol. The molecule has 0 aromatic carbocycles. The number of hydrogen-bond donors (Lipinski definition) is 0. The summed E-state index contributed by atoms with van der Waals surface area (Å²) in [4.78, 5) is 11.4. The normalized spacial score (nSPS) is 22.1. The summed E-state index contributed by atoms with van der Waals surface area (Å²) >= 11 is 0. The van der Waals surface area contributed by atoms with Crippen LogP contribution in [0.4, 0.5) is 0 Å². The molecule has 0 amide bonds. The van der Waals surface area contributed by atoms with E-state index in [-0.39, 0.29) is 12.1 Å². The van der Waals surface area contributed by atoms with Gasteiger partial charge in [-0.15, -0.1) is 0 Å². The summed E-state index contributed by atoms with van der Waals surface area (Å²) < 4.78 is 10.5. The maximum absolute atomic E-state index is 11.4. The number of methoxy groups -OCH3 is 1. The van der Waals surface area contributed by atoms with Crippen LogP contribution in [0.5, 0.6) is 0 Å². The first-order chi connectivity index (χ1) is 10.4. The molecule has 3 nitrogen and oxygen atoms in total. The Morgan fingerprint density at radius 3 is 2.55 bits per heavy atom. The molecule has 3 heteroatoms. The van der Waals surface area contributed by atoms with Crippen LogP contribution < -0.4 is 0 Å². The number of esters is 1. The van der Waals surface area contributed by atoms with E-state index >= 15 is 0 Å². The summed E-state index contributed by atoms with van der Waals surface area (Å²) in [6.07, 6.45) is 9.66. The Labute approximate surface area is 135 Å². The van der Waals surface area contributed by atoms with Gasteiger partial charge in [-0.25, -0.2) is 4.79 Å². The first kappa shape index (κ1) is 18.7. The molecule has 1 saturated heterocycles. The lowest BCUT2D eigenvalue weighted by molar-refractivity contribution is -0.138. The highest BCUT2D eigenvalue weighted by Gasteiger charge is 2.26. The number of hydrogen-bond acceptors (Lipinski definition) is 3. The average Bonchev–Trinajstić information content (AvgIpc) is 2.51. The Hall–Kier alpha value is -1.35. The summed E-state index contributed by atoms with van der Waals surface area (Å²) in [5, 5.41) is 0. The van der Waals surface area contributed by atoms with Crippen LogP contribution in [-0.4, -0.2) is 25.8 Å². The number of carbonyl (C=O) groups is 1. The van der Waals surface area contributed by atoms with Crippen LogP contribution in [0.1, 0.15) is 52.9 Å². The standard InChI is InChI=1S/C19H30O3/c1-14(2)7-6-8-15(3)9-10-17-11-12-18(22-13-17)16(4)19(20)21-5/h7,9,17-18H,4,6,8,10-13H2,1-3,5H3/b15-9+/t17-,18+/m0/s1. The zero-order chi connectivity index (χ0) is 16.5.